The van der Waals surface area contributed by atoms with Gasteiger partial charge < -0.3 is 10.4 Å². The van der Waals surface area contributed by atoms with Crippen LogP contribution in [0.3, 0.4) is 0 Å². The van der Waals surface area contributed by atoms with Crippen molar-refractivity contribution in [2.24, 2.45) is 0 Å². The minimum atomic E-state index is -0.230. The Kier molecular flexibility index (Phi) is 3.88. The summed E-state index contributed by atoms with van der Waals surface area (Å²) in [5.41, 5.74) is 3.08. The number of para-hydroxylation sites is 1. The first-order valence-corrected chi connectivity index (χ1v) is 7.60. The maximum atomic E-state index is 12.4. The maximum absolute atomic E-state index is 12.4. The second kappa shape index (κ2) is 5.85. The molecule has 0 unspecified atom stereocenters. The first-order chi connectivity index (χ1) is 11.0. The molecule has 0 bridgehead atoms. The molecular weight excluding hydrogens is 308 g/mol. The van der Waals surface area contributed by atoms with E-state index in [2.05, 4.69) is 5.32 Å². The molecule has 116 valence electrons. The fourth-order valence-corrected chi connectivity index (χ4v) is 2.88. The van der Waals surface area contributed by atoms with Crippen LogP contribution in [0, 0.1) is 13.8 Å². The van der Waals surface area contributed by atoms with Crippen molar-refractivity contribution in [3.05, 3.63) is 70.0 Å². The van der Waals surface area contributed by atoms with Crippen LogP contribution in [0.25, 0.3) is 10.9 Å². The van der Waals surface area contributed by atoms with Crippen LogP contribution in [0.5, 0.6) is 5.75 Å². The van der Waals surface area contributed by atoms with E-state index in [9.17, 15) is 9.90 Å². The number of pyridine rings is 1. The van der Waals surface area contributed by atoms with Gasteiger partial charge in [0.2, 0.25) is 0 Å². The molecule has 0 atom stereocenters. The number of hydrogen-bond donors (Lipinski definition) is 2. The predicted octanol–water partition coefficient (Wildman–Crippen LogP) is 3.57. The molecule has 3 aromatic rings. The molecule has 0 spiro atoms. The summed E-state index contributed by atoms with van der Waals surface area (Å²) in [4.78, 5) is 12.4. The summed E-state index contributed by atoms with van der Waals surface area (Å²) in [6, 6.07) is 14.2. The fraction of sp³-hybridized carbons (Fsp3) is 0.111. The number of phenols is 1. The van der Waals surface area contributed by atoms with Crippen molar-refractivity contribution in [2.45, 2.75) is 13.8 Å². The van der Waals surface area contributed by atoms with E-state index in [4.69, 9.17) is 12.2 Å². The van der Waals surface area contributed by atoms with Gasteiger partial charge in [0.15, 0.2) is 5.11 Å². The highest BCUT2D eigenvalue weighted by atomic mass is 32.1. The molecule has 1 aromatic heterocycles. The average molecular weight is 324 g/mol. The standard InChI is InChI=1S/C18H16N2O2S/c1-11-5-3-4-6-15(11)19-18(23)20-16-10-13(21)7-8-14(16)12(2)9-17(20)22/h3-10,21H,1-2H3,(H,19,23). The second-order valence-electron chi connectivity index (χ2n) is 5.45. The minimum Gasteiger partial charge on any atom is -0.508 e. The number of benzene rings is 2. The Morgan fingerprint density at radius 2 is 1.83 bits per heavy atom. The van der Waals surface area contributed by atoms with E-state index < -0.39 is 0 Å². The molecule has 2 N–H and O–H groups in total. The Bertz CT molecular complexity index is 976. The largest absolute Gasteiger partial charge is 0.508 e. The van der Waals surface area contributed by atoms with E-state index in [1.807, 2.05) is 38.1 Å². The fourth-order valence-electron chi connectivity index (χ4n) is 2.58. The van der Waals surface area contributed by atoms with Gasteiger partial charge in [-0.15, -0.1) is 0 Å². The number of anilines is 1. The van der Waals surface area contributed by atoms with Crippen molar-refractivity contribution in [3.8, 4) is 5.75 Å². The highest BCUT2D eigenvalue weighted by Crippen LogP contribution is 2.22. The Labute approximate surface area is 139 Å². The van der Waals surface area contributed by atoms with E-state index in [0.717, 1.165) is 22.2 Å². The zero-order chi connectivity index (χ0) is 16.6. The molecule has 0 aliphatic carbocycles. The molecule has 0 aliphatic heterocycles. The molecule has 0 saturated heterocycles. The molecule has 0 aliphatic rings. The van der Waals surface area contributed by atoms with Gasteiger partial charge in [-0.1, -0.05) is 18.2 Å². The second-order valence-corrected chi connectivity index (χ2v) is 5.83. The average Bonchev–Trinajstić information content (AvgIpc) is 2.49. The molecule has 3 rings (SSSR count). The Morgan fingerprint density at radius 1 is 1.09 bits per heavy atom. The summed E-state index contributed by atoms with van der Waals surface area (Å²) >= 11 is 5.43. The zero-order valence-corrected chi connectivity index (χ0v) is 13.6. The number of aromatic hydroxyl groups is 1. The summed E-state index contributed by atoms with van der Waals surface area (Å²) in [5, 5.41) is 14.0. The third-order valence-corrected chi connectivity index (χ3v) is 4.08. The van der Waals surface area contributed by atoms with Gasteiger partial charge in [0.1, 0.15) is 5.75 Å². The van der Waals surface area contributed by atoms with Gasteiger partial charge in [0.25, 0.3) is 5.56 Å². The number of nitrogens with one attached hydrogen (secondary N) is 1. The van der Waals surface area contributed by atoms with Crippen molar-refractivity contribution in [3.63, 3.8) is 0 Å². The van der Waals surface area contributed by atoms with Crippen molar-refractivity contribution in [1.29, 1.82) is 0 Å². The van der Waals surface area contributed by atoms with Crippen LogP contribution in [0.4, 0.5) is 5.69 Å². The van der Waals surface area contributed by atoms with E-state index >= 15 is 0 Å². The molecule has 0 fully saturated rings. The molecule has 5 heteroatoms. The maximum Gasteiger partial charge on any atom is 0.257 e. The van der Waals surface area contributed by atoms with E-state index in [1.165, 1.54) is 4.57 Å². The smallest absolute Gasteiger partial charge is 0.257 e. The van der Waals surface area contributed by atoms with E-state index in [1.54, 1.807) is 24.3 Å². The predicted molar refractivity (Wildman–Crippen MR) is 97.4 cm³/mol. The summed E-state index contributed by atoms with van der Waals surface area (Å²) in [5.74, 6) is 0.0925. The lowest BCUT2D eigenvalue weighted by molar-refractivity contribution is 0.476. The van der Waals surface area contributed by atoms with E-state index in [0.29, 0.717) is 5.52 Å². The minimum absolute atomic E-state index is 0.0925. The van der Waals surface area contributed by atoms with Crippen LogP contribution in [0.1, 0.15) is 11.1 Å². The first kappa shape index (κ1) is 15.2. The number of thiocarbonyl (C=S) groups is 1. The number of rotatable bonds is 1. The SMILES string of the molecule is Cc1ccccc1NC(=S)n1c(=O)cc(C)c2ccc(O)cc21. The molecule has 23 heavy (non-hydrogen) atoms. The number of fused-ring (bicyclic) bond motifs is 1. The van der Waals surface area contributed by atoms with Crippen LogP contribution >= 0.6 is 12.2 Å². The first-order valence-electron chi connectivity index (χ1n) is 7.20. The third kappa shape index (κ3) is 2.83. The lowest BCUT2D eigenvalue weighted by Gasteiger charge is -2.15. The van der Waals surface area contributed by atoms with Crippen molar-refractivity contribution < 1.29 is 5.11 Å². The molecular formula is C18H16N2O2S. The monoisotopic (exact) mass is 324 g/mol. The summed E-state index contributed by atoms with van der Waals surface area (Å²) < 4.78 is 1.41. The van der Waals surface area contributed by atoms with Crippen molar-refractivity contribution in [1.82, 2.24) is 4.57 Å². The molecule has 0 radical (unpaired) electrons. The number of nitrogens with zero attached hydrogens (tertiary/aromatic N) is 1. The summed E-state index contributed by atoms with van der Waals surface area (Å²) in [6.45, 7) is 3.83. The number of phenolic OH excluding ortho intramolecular Hbond substituents is 1. The van der Waals surface area contributed by atoms with E-state index in [-0.39, 0.29) is 16.4 Å². The molecule has 2 aromatic carbocycles. The van der Waals surface area contributed by atoms with Crippen LogP contribution < -0.4 is 10.9 Å². The Balaban J connectivity index is 2.16. The molecule has 4 nitrogen and oxygen atoms in total. The normalized spacial score (nSPS) is 10.7. The highest BCUT2D eigenvalue weighted by Gasteiger charge is 2.12. The summed E-state index contributed by atoms with van der Waals surface area (Å²) in [6.07, 6.45) is 0. The number of aromatic nitrogens is 1. The topological polar surface area (TPSA) is 54.3 Å². The molecule has 1 heterocycles. The highest BCUT2D eigenvalue weighted by molar-refractivity contribution is 7.80. The lowest BCUT2D eigenvalue weighted by Crippen LogP contribution is -2.31. The van der Waals surface area contributed by atoms with Gasteiger partial charge in [0, 0.05) is 23.2 Å². The van der Waals surface area contributed by atoms with Gasteiger partial charge in [-0.2, -0.15) is 0 Å². The Morgan fingerprint density at radius 3 is 2.57 bits per heavy atom. The van der Waals surface area contributed by atoms with Gasteiger partial charge >= 0.3 is 0 Å². The number of aryl methyl sites for hydroxylation is 2. The van der Waals surface area contributed by atoms with Gasteiger partial charge in [-0.25, -0.2) is 0 Å². The van der Waals surface area contributed by atoms with Crippen molar-refractivity contribution >= 4 is 33.9 Å². The van der Waals surface area contributed by atoms with Crippen LogP contribution in [0.2, 0.25) is 0 Å². The molecule has 0 saturated carbocycles. The third-order valence-electron chi connectivity index (χ3n) is 3.80. The Hall–Kier alpha value is -2.66. The lowest BCUT2D eigenvalue weighted by atomic mass is 10.1. The van der Waals surface area contributed by atoms with Crippen molar-refractivity contribution in [2.75, 3.05) is 5.32 Å². The van der Waals surface area contributed by atoms with Crippen LogP contribution in [0.15, 0.2) is 53.3 Å². The summed E-state index contributed by atoms with van der Waals surface area (Å²) in [7, 11) is 0. The van der Waals surface area contributed by atoms with Crippen LogP contribution in [-0.2, 0) is 0 Å². The quantitative estimate of drug-likeness (QED) is 0.672. The van der Waals surface area contributed by atoms with Gasteiger partial charge in [-0.3, -0.25) is 9.36 Å². The van der Waals surface area contributed by atoms with Gasteiger partial charge in [-0.05, 0) is 55.4 Å². The van der Waals surface area contributed by atoms with Gasteiger partial charge in [0.05, 0.1) is 5.52 Å². The van der Waals surface area contributed by atoms with Crippen LogP contribution in [-0.4, -0.2) is 14.8 Å². The zero-order valence-electron chi connectivity index (χ0n) is 12.8. The molecule has 0 amide bonds. The number of hydrogen-bond acceptors (Lipinski definition) is 3.